The monoisotopic (exact) mass is 189 g/mol. The lowest BCUT2D eigenvalue weighted by molar-refractivity contribution is -0.132. The highest BCUT2D eigenvalue weighted by Crippen LogP contribution is 2.16. The molecule has 1 aliphatic rings. The van der Waals surface area contributed by atoms with Gasteiger partial charge in [0.25, 0.3) is 0 Å². The number of hydrogen-bond acceptors (Lipinski definition) is 2. The highest BCUT2D eigenvalue weighted by Gasteiger charge is 2.27. The van der Waals surface area contributed by atoms with Crippen molar-refractivity contribution >= 4 is 17.5 Å². The summed E-state index contributed by atoms with van der Waals surface area (Å²) >= 11 is 5.59. The molecule has 1 fully saturated rings. The van der Waals surface area contributed by atoms with Crippen LogP contribution in [0.2, 0.25) is 0 Å². The van der Waals surface area contributed by atoms with Crippen molar-refractivity contribution in [2.45, 2.75) is 26.0 Å². The number of carbonyl (C=O) groups is 1. The van der Waals surface area contributed by atoms with E-state index in [1.54, 1.807) is 13.0 Å². The molecule has 0 aromatic heterocycles. The Morgan fingerprint density at radius 3 is 3.00 bits per heavy atom. The second-order valence-electron chi connectivity index (χ2n) is 2.86. The van der Waals surface area contributed by atoms with Gasteiger partial charge < -0.3 is 10.0 Å². The number of nitrogens with zero attached hydrogens (tertiary/aromatic N) is 1. The van der Waals surface area contributed by atoms with E-state index in [2.05, 4.69) is 0 Å². The summed E-state index contributed by atoms with van der Waals surface area (Å²) in [7, 11) is 0. The Labute approximate surface area is 76.6 Å². The van der Waals surface area contributed by atoms with E-state index in [0.29, 0.717) is 24.4 Å². The molecular formula is C8H12ClNO2. The third-order valence-electron chi connectivity index (χ3n) is 1.87. The highest BCUT2D eigenvalue weighted by atomic mass is 35.5. The van der Waals surface area contributed by atoms with Crippen molar-refractivity contribution in [2.24, 2.45) is 0 Å². The molecule has 0 saturated carbocycles. The van der Waals surface area contributed by atoms with Crippen molar-refractivity contribution in [1.29, 1.82) is 0 Å². The molecule has 1 N–H and O–H groups in total. The van der Waals surface area contributed by atoms with E-state index in [1.807, 2.05) is 0 Å². The summed E-state index contributed by atoms with van der Waals surface area (Å²) in [5.74, 6) is -0.00309. The summed E-state index contributed by atoms with van der Waals surface area (Å²) in [5.41, 5.74) is 0. The molecule has 0 radical (unpaired) electrons. The minimum absolute atomic E-state index is 0.00309. The van der Waals surface area contributed by atoms with Crippen LogP contribution in [0.1, 0.15) is 19.8 Å². The van der Waals surface area contributed by atoms with Crippen molar-refractivity contribution in [3.8, 4) is 0 Å². The molecule has 0 aliphatic carbocycles. The van der Waals surface area contributed by atoms with Crippen LogP contribution in [0.5, 0.6) is 0 Å². The normalized spacial score (nSPS) is 25.2. The molecule has 0 bridgehead atoms. The van der Waals surface area contributed by atoms with Crippen LogP contribution in [-0.4, -0.2) is 28.7 Å². The standard InChI is InChI=1S/C8H12ClNO2/c1-6(9)4-5-10-7(11)2-3-8(10)12/h4,7,11H,2-3,5H2,1H3/b6-4-. The van der Waals surface area contributed by atoms with Gasteiger partial charge in [0.15, 0.2) is 0 Å². The first-order valence-electron chi connectivity index (χ1n) is 3.91. The maximum absolute atomic E-state index is 11.1. The Balaban J connectivity index is 2.50. The highest BCUT2D eigenvalue weighted by molar-refractivity contribution is 6.29. The van der Waals surface area contributed by atoms with Crippen LogP contribution in [0.25, 0.3) is 0 Å². The van der Waals surface area contributed by atoms with E-state index in [1.165, 1.54) is 4.90 Å². The number of aliphatic hydroxyl groups excluding tert-OH is 1. The molecule has 68 valence electrons. The largest absolute Gasteiger partial charge is 0.373 e. The lowest BCUT2D eigenvalue weighted by Crippen LogP contribution is -2.32. The summed E-state index contributed by atoms with van der Waals surface area (Å²) in [6.45, 7) is 2.16. The Morgan fingerprint density at radius 2 is 2.58 bits per heavy atom. The van der Waals surface area contributed by atoms with Crippen LogP contribution in [-0.2, 0) is 4.79 Å². The van der Waals surface area contributed by atoms with Gasteiger partial charge in [-0.15, -0.1) is 0 Å². The maximum atomic E-state index is 11.1. The van der Waals surface area contributed by atoms with E-state index < -0.39 is 6.23 Å². The number of halogens is 1. The van der Waals surface area contributed by atoms with Crippen LogP contribution in [0.15, 0.2) is 11.1 Å². The number of likely N-dealkylation sites (tertiary alicyclic amines) is 1. The molecule has 1 aliphatic heterocycles. The zero-order valence-electron chi connectivity index (χ0n) is 6.96. The fourth-order valence-electron chi connectivity index (χ4n) is 1.17. The van der Waals surface area contributed by atoms with Gasteiger partial charge in [-0.05, 0) is 6.92 Å². The van der Waals surface area contributed by atoms with E-state index in [-0.39, 0.29) is 5.91 Å². The zero-order valence-corrected chi connectivity index (χ0v) is 7.71. The Morgan fingerprint density at radius 1 is 1.92 bits per heavy atom. The molecule has 12 heavy (non-hydrogen) atoms. The zero-order chi connectivity index (χ0) is 9.14. The van der Waals surface area contributed by atoms with Gasteiger partial charge in [-0.2, -0.15) is 0 Å². The van der Waals surface area contributed by atoms with E-state index in [0.717, 1.165) is 0 Å². The maximum Gasteiger partial charge on any atom is 0.225 e. The fraction of sp³-hybridized carbons (Fsp3) is 0.625. The summed E-state index contributed by atoms with van der Waals surface area (Å²) < 4.78 is 0. The van der Waals surface area contributed by atoms with Crippen LogP contribution in [0, 0.1) is 0 Å². The van der Waals surface area contributed by atoms with Crippen molar-refractivity contribution in [3.05, 3.63) is 11.1 Å². The van der Waals surface area contributed by atoms with Crippen LogP contribution in [0.4, 0.5) is 0 Å². The molecule has 1 amide bonds. The molecule has 0 aromatic rings. The summed E-state index contributed by atoms with van der Waals surface area (Å²) in [6.07, 6.45) is 2.07. The predicted octanol–water partition coefficient (Wildman–Crippen LogP) is 1.07. The average Bonchev–Trinajstić information content (AvgIpc) is 2.28. The third kappa shape index (κ3) is 2.22. The second-order valence-corrected chi connectivity index (χ2v) is 3.45. The third-order valence-corrected chi connectivity index (χ3v) is 2.02. The molecule has 1 rings (SSSR count). The summed E-state index contributed by atoms with van der Waals surface area (Å²) in [5, 5.41) is 9.95. The van der Waals surface area contributed by atoms with E-state index >= 15 is 0 Å². The Bertz CT molecular complexity index is 211. The fourth-order valence-corrected chi connectivity index (χ4v) is 1.23. The number of hydrogen-bond donors (Lipinski definition) is 1. The van der Waals surface area contributed by atoms with Crippen LogP contribution in [0.3, 0.4) is 0 Å². The van der Waals surface area contributed by atoms with Crippen LogP contribution < -0.4 is 0 Å². The molecule has 3 nitrogen and oxygen atoms in total. The van der Waals surface area contributed by atoms with Crippen LogP contribution >= 0.6 is 11.6 Å². The molecule has 1 unspecified atom stereocenters. The number of aliphatic hydroxyl groups is 1. The predicted molar refractivity (Wildman–Crippen MR) is 46.6 cm³/mol. The topological polar surface area (TPSA) is 40.5 Å². The first-order chi connectivity index (χ1) is 5.61. The lowest BCUT2D eigenvalue weighted by atomic mass is 10.4. The number of carbonyl (C=O) groups excluding carboxylic acids is 1. The number of allylic oxidation sites excluding steroid dienone is 1. The summed E-state index contributed by atoms with van der Waals surface area (Å²) in [4.78, 5) is 12.5. The Hall–Kier alpha value is -0.540. The lowest BCUT2D eigenvalue weighted by Gasteiger charge is -2.18. The van der Waals surface area contributed by atoms with E-state index in [4.69, 9.17) is 11.6 Å². The minimum atomic E-state index is -0.621. The van der Waals surface area contributed by atoms with Crippen molar-refractivity contribution < 1.29 is 9.90 Å². The Kier molecular flexibility index (Phi) is 3.12. The van der Waals surface area contributed by atoms with Gasteiger partial charge in [0.05, 0.1) is 0 Å². The van der Waals surface area contributed by atoms with Crippen molar-refractivity contribution in [1.82, 2.24) is 4.90 Å². The van der Waals surface area contributed by atoms with Gasteiger partial charge in [0.1, 0.15) is 6.23 Å². The van der Waals surface area contributed by atoms with E-state index in [9.17, 15) is 9.90 Å². The molecule has 1 atom stereocenters. The number of amides is 1. The minimum Gasteiger partial charge on any atom is -0.373 e. The smallest absolute Gasteiger partial charge is 0.225 e. The molecule has 4 heteroatoms. The van der Waals surface area contributed by atoms with Gasteiger partial charge in [-0.3, -0.25) is 4.79 Å². The second kappa shape index (κ2) is 3.92. The van der Waals surface area contributed by atoms with Gasteiger partial charge in [-0.25, -0.2) is 0 Å². The van der Waals surface area contributed by atoms with Gasteiger partial charge in [-0.1, -0.05) is 17.7 Å². The SMILES string of the molecule is C/C(Cl)=C/CN1C(=O)CCC1O. The molecule has 0 aromatic carbocycles. The van der Waals surface area contributed by atoms with Crippen molar-refractivity contribution in [2.75, 3.05) is 6.54 Å². The number of rotatable bonds is 2. The molecule has 0 spiro atoms. The van der Waals surface area contributed by atoms with Gasteiger partial charge >= 0.3 is 0 Å². The van der Waals surface area contributed by atoms with Gasteiger partial charge in [0.2, 0.25) is 5.91 Å². The first-order valence-corrected chi connectivity index (χ1v) is 4.29. The van der Waals surface area contributed by atoms with Gasteiger partial charge in [0, 0.05) is 24.4 Å². The first kappa shape index (κ1) is 9.55. The van der Waals surface area contributed by atoms with Crippen molar-refractivity contribution in [3.63, 3.8) is 0 Å². The molecule has 1 saturated heterocycles. The average molecular weight is 190 g/mol. The summed E-state index contributed by atoms with van der Waals surface area (Å²) in [6, 6.07) is 0. The quantitative estimate of drug-likeness (QED) is 0.706. The molecule has 1 heterocycles. The molecular weight excluding hydrogens is 178 g/mol.